The number of nitrogens with one attached hydrogen (secondary N) is 2. The first-order valence-electron chi connectivity index (χ1n) is 11.1. The van der Waals surface area contributed by atoms with Gasteiger partial charge in [0.2, 0.25) is 0 Å². The summed E-state index contributed by atoms with van der Waals surface area (Å²) >= 11 is 0. The van der Waals surface area contributed by atoms with E-state index < -0.39 is 54.4 Å². The first-order valence-corrected chi connectivity index (χ1v) is 11.1. The molecule has 13 heteroatoms. The minimum Gasteiger partial charge on any atom is -0.385 e. The van der Waals surface area contributed by atoms with Crippen LogP contribution in [0, 0.1) is 5.92 Å². The van der Waals surface area contributed by atoms with Crippen molar-refractivity contribution in [3.05, 3.63) is 24.0 Å². The monoisotopic (exact) mass is 481 g/mol. The molecule has 2 aromatic rings. The highest BCUT2D eigenvalue weighted by molar-refractivity contribution is 6.08. The van der Waals surface area contributed by atoms with Crippen LogP contribution in [0.15, 0.2) is 23.3 Å². The van der Waals surface area contributed by atoms with Gasteiger partial charge in [-0.25, -0.2) is 27.5 Å². The van der Waals surface area contributed by atoms with Crippen molar-refractivity contribution in [3.63, 3.8) is 0 Å². The number of hydrogen-bond acceptors (Lipinski definition) is 7. The second-order valence-electron chi connectivity index (χ2n) is 8.97. The number of H-pyrrole nitrogens is 1. The number of nitrogens with zero attached hydrogens (tertiary/aromatic N) is 5. The topological polar surface area (TPSA) is 119 Å². The van der Waals surface area contributed by atoms with E-state index in [2.05, 4.69) is 30.5 Å². The summed E-state index contributed by atoms with van der Waals surface area (Å²) in [7, 11) is 0. The average molecular weight is 481 g/mol. The van der Waals surface area contributed by atoms with E-state index >= 15 is 0 Å². The standard InChI is InChI=1S/C21H23F4N7O2/c22-11-4-10(6-26-7-11)14-5-12(23)8-32(14)20(34)16-15-18(27-9-28-19(15)31-30-16)29-13-2-1-3-21(24,25)17(13)33/h6-7,9-10,12-14,17,33H,1-5,8H2,(H2,27,28,29,30,31)/t10?,12-,13+,14+,17-/m0/s1. The number of aliphatic hydroxyl groups is 1. The van der Waals surface area contributed by atoms with Crippen LogP contribution in [0.3, 0.4) is 0 Å². The summed E-state index contributed by atoms with van der Waals surface area (Å²) in [6.07, 6.45) is 0.656. The van der Waals surface area contributed by atoms with Crippen LogP contribution in [-0.4, -0.2) is 79.1 Å². The van der Waals surface area contributed by atoms with Crippen molar-refractivity contribution in [2.75, 3.05) is 11.9 Å². The number of alkyl halides is 3. The molecular weight excluding hydrogens is 458 g/mol. The highest BCUT2D eigenvalue weighted by Crippen LogP contribution is 2.37. The molecule has 3 aliphatic rings. The number of amides is 1. The van der Waals surface area contributed by atoms with Gasteiger partial charge in [-0.2, -0.15) is 5.10 Å². The number of halogens is 4. The van der Waals surface area contributed by atoms with Crippen molar-refractivity contribution in [2.24, 2.45) is 10.9 Å². The largest absolute Gasteiger partial charge is 0.385 e. The molecule has 5 atom stereocenters. The van der Waals surface area contributed by atoms with Crippen LogP contribution in [-0.2, 0) is 0 Å². The first-order chi connectivity index (χ1) is 16.2. The van der Waals surface area contributed by atoms with Gasteiger partial charge in [-0.05, 0) is 12.8 Å². The number of rotatable bonds is 4. The predicted molar refractivity (Wildman–Crippen MR) is 114 cm³/mol. The van der Waals surface area contributed by atoms with Gasteiger partial charge in [-0.1, -0.05) is 0 Å². The van der Waals surface area contributed by atoms with Gasteiger partial charge < -0.3 is 15.3 Å². The summed E-state index contributed by atoms with van der Waals surface area (Å²) in [5, 5.41) is 19.7. The van der Waals surface area contributed by atoms with Gasteiger partial charge in [0.15, 0.2) is 5.65 Å². The zero-order valence-corrected chi connectivity index (χ0v) is 18.0. The molecule has 0 bridgehead atoms. The van der Waals surface area contributed by atoms with Gasteiger partial charge in [-0.3, -0.25) is 14.9 Å². The Morgan fingerprint density at radius 2 is 2.15 bits per heavy atom. The van der Waals surface area contributed by atoms with Gasteiger partial charge in [0.25, 0.3) is 11.8 Å². The second kappa shape index (κ2) is 8.60. The SMILES string of the molecule is O=C(c1[nH]nc2ncnc(N[C@@H]3CCCC(F)(F)[C@H]3O)c12)N1C[C@@H](F)C[C@@H]1C1C=NC=C(F)C1. The highest BCUT2D eigenvalue weighted by Gasteiger charge is 2.46. The number of aromatic nitrogens is 4. The number of aliphatic imine (C=N–C) groups is 1. The van der Waals surface area contributed by atoms with Gasteiger partial charge in [0, 0.05) is 37.4 Å². The summed E-state index contributed by atoms with van der Waals surface area (Å²) in [6.45, 7) is -0.191. The molecule has 4 heterocycles. The average Bonchev–Trinajstić information content (AvgIpc) is 3.41. The fraction of sp³-hybridized carbons (Fsp3) is 0.571. The molecule has 1 amide bonds. The second-order valence-corrected chi connectivity index (χ2v) is 8.97. The number of carbonyl (C=O) groups is 1. The Bertz CT molecular complexity index is 1150. The molecule has 2 aliphatic heterocycles. The molecule has 0 aromatic carbocycles. The van der Waals surface area contributed by atoms with E-state index in [4.69, 9.17) is 0 Å². The van der Waals surface area contributed by atoms with E-state index in [1.54, 1.807) is 0 Å². The lowest BCUT2D eigenvalue weighted by Gasteiger charge is -2.35. The quantitative estimate of drug-likeness (QED) is 0.578. The Hall–Kier alpha value is -3.09. The van der Waals surface area contributed by atoms with Gasteiger partial charge in [0.05, 0.1) is 24.2 Å². The lowest BCUT2D eigenvalue weighted by molar-refractivity contribution is -0.135. The van der Waals surface area contributed by atoms with Crippen molar-refractivity contribution in [1.29, 1.82) is 0 Å². The van der Waals surface area contributed by atoms with Crippen molar-refractivity contribution >= 4 is 29.0 Å². The molecule has 2 aromatic heterocycles. The molecule has 1 saturated carbocycles. The molecule has 34 heavy (non-hydrogen) atoms. The van der Waals surface area contributed by atoms with Crippen molar-refractivity contribution in [1.82, 2.24) is 25.1 Å². The highest BCUT2D eigenvalue weighted by atomic mass is 19.3. The van der Waals surface area contributed by atoms with Crippen molar-refractivity contribution in [2.45, 2.75) is 62.4 Å². The minimum absolute atomic E-state index is 0.0120. The third-order valence-corrected chi connectivity index (χ3v) is 6.70. The summed E-state index contributed by atoms with van der Waals surface area (Å²) in [5.41, 5.74) is 0.0664. The number of carbonyl (C=O) groups excluding carboxylic acids is 1. The lowest BCUT2D eigenvalue weighted by Crippen LogP contribution is -2.49. The summed E-state index contributed by atoms with van der Waals surface area (Å²) < 4.78 is 56.2. The van der Waals surface area contributed by atoms with Gasteiger partial charge in [0.1, 0.15) is 35.9 Å². The summed E-state index contributed by atoms with van der Waals surface area (Å²) in [6, 6.07) is -1.62. The minimum atomic E-state index is -3.25. The molecule has 5 rings (SSSR count). The van der Waals surface area contributed by atoms with Crippen LogP contribution in [0.2, 0.25) is 0 Å². The molecule has 182 valence electrons. The molecule has 3 N–H and O–H groups in total. The number of allylic oxidation sites excluding steroid dienone is 1. The zero-order valence-electron chi connectivity index (χ0n) is 18.0. The third kappa shape index (κ3) is 4.01. The molecular formula is C21H23F4N7O2. The fourth-order valence-electron chi connectivity index (χ4n) is 5.00. The molecule has 0 radical (unpaired) electrons. The summed E-state index contributed by atoms with van der Waals surface area (Å²) in [5.74, 6) is -4.72. The molecule has 1 unspecified atom stereocenters. The van der Waals surface area contributed by atoms with E-state index in [9.17, 15) is 27.5 Å². The van der Waals surface area contributed by atoms with E-state index in [0.29, 0.717) is 0 Å². The van der Waals surface area contributed by atoms with E-state index in [-0.39, 0.29) is 54.8 Å². The van der Waals surface area contributed by atoms with Crippen LogP contribution in [0.5, 0.6) is 0 Å². The Labute approximate surface area is 191 Å². The Balaban J connectivity index is 1.45. The van der Waals surface area contributed by atoms with Gasteiger partial charge >= 0.3 is 0 Å². The zero-order chi connectivity index (χ0) is 24.0. The number of anilines is 1. The summed E-state index contributed by atoms with van der Waals surface area (Å²) in [4.78, 5) is 26.8. The Morgan fingerprint density at radius 3 is 2.94 bits per heavy atom. The maximum absolute atomic E-state index is 14.4. The van der Waals surface area contributed by atoms with Crippen LogP contribution in [0.1, 0.15) is 42.6 Å². The maximum Gasteiger partial charge on any atom is 0.275 e. The fourth-order valence-corrected chi connectivity index (χ4v) is 5.00. The molecule has 0 spiro atoms. The van der Waals surface area contributed by atoms with Crippen LogP contribution in [0.4, 0.5) is 23.4 Å². The van der Waals surface area contributed by atoms with Crippen LogP contribution in [0.25, 0.3) is 11.0 Å². The number of fused-ring (bicyclic) bond motifs is 1. The number of aliphatic hydroxyl groups excluding tert-OH is 1. The van der Waals surface area contributed by atoms with Gasteiger partial charge in [-0.15, -0.1) is 0 Å². The van der Waals surface area contributed by atoms with Crippen molar-refractivity contribution in [3.8, 4) is 0 Å². The van der Waals surface area contributed by atoms with E-state index in [0.717, 1.165) is 12.5 Å². The number of hydrogen-bond donors (Lipinski definition) is 3. The number of likely N-dealkylation sites (tertiary alicyclic amines) is 1. The molecule has 1 saturated heterocycles. The van der Waals surface area contributed by atoms with E-state index in [1.807, 2.05) is 0 Å². The van der Waals surface area contributed by atoms with Crippen LogP contribution >= 0.6 is 0 Å². The first kappa shape index (κ1) is 22.7. The van der Waals surface area contributed by atoms with Crippen LogP contribution < -0.4 is 5.32 Å². The maximum atomic E-state index is 14.4. The third-order valence-electron chi connectivity index (χ3n) is 6.70. The lowest BCUT2D eigenvalue weighted by atomic mass is 9.89. The predicted octanol–water partition coefficient (Wildman–Crippen LogP) is 2.77. The smallest absolute Gasteiger partial charge is 0.275 e. The Morgan fingerprint density at radius 1 is 1.32 bits per heavy atom. The Kier molecular flexibility index (Phi) is 5.74. The molecule has 2 fully saturated rings. The van der Waals surface area contributed by atoms with E-state index in [1.165, 1.54) is 11.1 Å². The molecule has 9 nitrogen and oxygen atoms in total. The normalized spacial score (nSPS) is 31.0. The number of aromatic amines is 1. The molecule has 1 aliphatic carbocycles. The van der Waals surface area contributed by atoms with Crippen molar-refractivity contribution < 1.29 is 27.5 Å².